The fourth-order valence-corrected chi connectivity index (χ4v) is 11.0. The van der Waals surface area contributed by atoms with Crippen molar-refractivity contribution >= 4 is 39.5 Å². The molecule has 0 aliphatic carbocycles. The van der Waals surface area contributed by atoms with Crippen LogP contribution in [-0.4, -0.2) is 96.7 Å². The van der Waals surface area contributed by atoms with Gasteiger partial charge in [-0.05, 0) is 31.6 Å². The van der Waals surface area contributed by atoms with Crippen LogP contribution >= 0.6 is 15.6 Å². The fourth-order valence-electron chi connectivity index (χ4n) is 9.37. The van der Waals surface area contributed by atoms with Crippen LogP contribution in [0.1, 0.15) is 317 Å². The molecule has 0 bridgehead atoms. The zero-order valence-electron chi connectivity index (χ0n) is 52.6. The second-order valence-electron chi connectivity index (χ2n) is 23.0. The SMILES string of the molecule is CCCCCCCCCCCCCCCCCCC(=O)O[C@H](COC(=O)CCCCCCCCC(C)CC)COP(=O)(O)OC[C@@H](O)COP(=O)(O)OC[C@@H](COC(=O)CCCCCCCCC)OC(=O)CCCCCCCCCCC. The highest BCUT2D eigenvalue weighted by molar-refractivity contribution is 7.47. The van der Waals surface area contributed by atoms with Crippen LogP contribution in [0.25, 0.3) is 0 Å². The molecule has 0 aromatic heterocycles. The average molecular weight is 1210 g/mol. The summed E-state index contributed by atoms with van der Waals surface area (Å²) in [5.41, 5.74) is 0. The number of phosphoric acid groups is 2. The molecule has 0 saturated heterocycles. The van der Waals surface area contributed by atoms with Gasteiger partial charge < -0.3 is 33.8 Å². The van der Waals surface area contributed by atoms with E-state index in [1.165, 1.54) is 122 Å². The Morgan fingerprint density at radius 1 is 0.341 bits per heavy atom. The molecule has 0 aliphatic heterocycles. The van der Waals surface area contributed by atoms with Crippen molar-refractivity contribution in [3.63, 3.8) is 0 Å². The van der Waals surface area contributed by atoms with Crippen LogP contribution < -0.4 is 0 Å². The van der Waals surface area contributed by atoms with Crippen LogP contribution in [-0.2, 0) is 65.4 Å². The molecule has 0 aliphatic rings. The number of esters is 4. The molecule has 0 aromatic rings. The van der Waals surface area contributed by atoms with E-state index in [0.717, 1.165) is 115 Å². The average Bonchev–Trinajstić information content (AvgIpc) is 3.45. The van der Waals surface area contributed by atoms with Crippen LogP contribution in [0.15, 0.2) is 0 Å². The molecule has 0 rings (SSSR count). The lowest BCUT2D eigenvalue weighted by Gasteiger charge is -2.21. The van der Waals surface area contributed by atoms with Crippen molar-refractivity contribution in [3.05, 3.63) is 0 Å². The van der Waals surface area contributed by atoms with Gasteiger partial charge in [0.15, 0.2) is 12.2 Å². The van der Waals surface area contributed by atoms with E-state index < -0.39 is 97.5 Å². The minimum atomic E-state index is -4.94. The lowest BCUT2D eigenvalue weighted by atomic mass is 10.00. The van der Waals surface area contributed by atoms with Crippen molar-refractivity contribution in [3.8, 4) is 0 Å². The first kappa shape index (κ1) is 80.1. The number of hydrogen-bond donors (Lipinski definition) is 3. The van der Waals surface area contributed by atoms with E-state index in [4.69, 9.17) is 37.0 Å². The summed E-state index contributed by atoms with van der Waals surface area (Å²) in [6.07, 6.45) is 40.5. The van der Waals surface area contributed by atoms with E-state index in [0.29, 0.717) is 25.7 Å². The molecule has 0 radical (unpaired) electrons. The van der Waals surface area contributed by atoms with E-state index in [-0.39, 0.29) is 25.7 Å². The molecule has 3 N–H and O–H groups in total. The summed E-state index contributed by atoms with van der Waals surface area (Å²) in [6.45, 7) is 7.10. The van der Waals surface area contributed by atoms with E-state index in [1.807, 2.05) is 0 Å². The predicted molar refractivity (Wildman–Crippen MR) is 326 cm³/mol. The van der Waals surface area contributed by atoms with Crippen LogP contribution in [0, 0.1) is 5.92 Å². The second-order valence-corrected chi connectivity index (χ2v) is 25.9. The van der Waals surface area contributed by atoms with Crippen LogP contribution in [0.5, 0.6) is 0 Å². The van der Waals surface area contributed by atoms with Gasteiger partial charge in [0.1, 0.15) is 19.3 Å². The number of aliphatic hydroxyl groups is 1. The third-order valence-electron chi connectivity index (χ3n) is 14.9. The summed E-state index contributed by atoms with van der Waals surface area (Å²) in [5, 5.41) is 10.5. The third kappa shape index (κ3) is 55.9. The molecule has 3 unspecified atom stereocenters. The van der Waals surface area contributed by atoms with Gasteiger partial charge in [0.05, 0.1) is 26.4 Å². The number of aliphatic hydroxyl groups excluding tert-OH is 1. The van der Waals surface area contributed by atoms with Crippen molar-refractivity contribution in [2.75, 3.05) is 39.6 Å². The van der Waals surface area contributed by atoms with Crippen LogP contribution in [0.2, 0.25) is 0 Å². The Bertz CT molecular complexity index is 1600. The van der Waals surface area contributed by atoms with Crippen LogP contribution in [0.3, 0.4) is 0 Å². The Morgan fingerprint density at radius 2 is 0.585 bits per heavy atom. The van der Waals surface area contributed by atoms with E-state index in [2.05, 4.69) is 34.6 Å². The Balaban J connectivity index is 5.19. The van der Waals surface area contributed by atoms with Crippen molar-refractivity contribution in [1.29, 1.82) is 0 Å². The number of hydrogen-bond acceptors (Lipinski definition) is 15. The van der Waals surface area contributed by atoms with Gasteiger partial charge >= 0.3 is 39.5 Å². The normalized spacial score (nSPS) is 14.6. The molecule has 0 saturated carbocycles. The topological polar surface area (TPSA) is 237 Å². The Morgan fingerprint density at radius 3 is 0.866 bits per heavy atom. The summed E-state index contributed by atoms with van der Waals surface area (Å²) < 4.78 is 67.8. The van der Waals surface area contributed by atoms with Gasteiger partial charge in [0, 0.05) is 25.7 Å². The maximum Gasteiger partial charge on any atom is 0.472 e. The molecule has 82 heavy (non-hydrogen) atoms. The number of ether oxygens (including phenoxy) is 4. The molecular weight excluding hydrogens is 1090 g/mol. The molecule has 0 amide bonds. The van der Waals surface area contributed by atoms with E-state index in [9.17, 15) is 43.2 Å². The summed E-state index contributed by atoms with van der Waals surface area (Å²) in [6, 6.07) is 0. The Labute approximate surface area is 498 Å². The third-order valence-corrected chi connectivity index (χ3v) is 16.8. The van der Waals surface area contributed by atoms with Gasteiger partial charge in [-0.25, -0.2) is 9.13 Å². The number of rotatable bonds is 63. The van der Waals surface area contributed by atoms with Gasteiger partial charge in [0.2, 0.25) is 0 Å². The molecule has 0 aromatic carbocycles. The number of phosphoric ester groups is 2. The number of unbranched alkanes of at least 4 members (excludes halogenated alkanes) is 34. The zero-order valence-corrected chi connectivity index (χ0v) is 54.4. The molecule has 486 valence electrons. The van der Waals surface area contributed by atoms with E-state index >= 15 is 0 Å². The highest BCUT2D eigenvalue weighted by Gasteiger charge is 2.30. The monoisotopic (exact) mass is 1210 g/mol. The number of carbonyl (C=O) groups is 4. The summed E-state index contributed by atoms with van der Waals surface area (Å²) in [4.78, 5) is 72.0. The Hall–Kier alpha value is -1.94. The van der Waals surface area contributed by atoms with E-state index in [1.54, 1.807) is 0 Å². The summed E-state index contributed by atoms with van der Waals surface area (Å²) >= 11 is 0. The van der Waals surface area contributed by atoms with Crippen molar-refractivity contribution in [2.24, 2.45) is 5.92 Å². The summed E-state index contributed by atoms with van der Waals surface area (Å²) in [5.74, 6) is -1.41. The molecule has 6 atom stereocenters. The zero-order chi connectivity index (χ0) is 60.6. The standard InChI is InChI=1S/C63H122O17P2/c1-6-10-13-16-19-21-22-23-24-25-26-27-29-32-39-44-49-63(68)80-59(53-74-61(66)47-42-37-34-33-35-40-45-56(5)9-4)55-78-82(71,72)76-51-57(64)50-75-81(69,70)77-54-58(52-73-60(65)46-41-36-30-18-15-12-8-3)79-62(67)48-43-38-31-28-20-17-14-11-7-2/h56-59,64H,6-55H2,1-5H3,(H,69,70)(H,71,72)/t56?,57-,58+,59+/m0/s1. The largest absolute Gasteiger partial charge is 0.472 e. The maximum atomic E-state index is 13.0. The fraction of sp³-hybridized carbons (Fsp3) is 0.937. The first-order valence-corrected chi connectivity index (χ1v) is 36.2. The first-order valence-electron chi connectivity index (χ1n) is 33.2. The minimum absolute atomic E-state index is 0.105. The molecule has 17 nitrogen and oxygen atoms in total. The smallest absolute Gasteiger partial charge is 0.462 e. The van der Waals surface area contributed by atoms with Gasteiger partial charge in [-0.2, -0.15) is 0 Å². The van der Waals surface area contributed by atoms with Crippen molar-refractivity contribution < 1.29 is 80.2 Å². The second kappa shape index (κ2) is 56.8. The quantitative estimate of drug-likeness (QED) is 0.0222. The van der Waals surface area contributed by atoms with Gasteiger partial charge in [0.25, 0.3) is 0 Å². The van der Waals surface area contributed by atoms with Crippen LogP contribution in [0.4, 0.5) is 0 Å². The molecule has 0 heterocycles. The predicted octanol–water partition coefficient (Wildman–Crippen LogP) is 17.4. The lowest BCUT2D eigenvalue weighted by molar-refractivity contribution is -0.161. The maximum absolute atomic E-state index is 13.0. The molecular formula is C63H122O17P2. The molecule has 19 heteroatoms. The van der Waals surface area contributed by atoms with Crippen molar-refractivity contribution in [2.45, 2.75) is 335 Å². The molecule has 0 fully saturated rings. The Kier molecular flexibility index (Phi) is 55.5. The first-order chi connectivity index (χ1) is 39.6. The minimum Gasteiger partial charge on any atom is -0.462 e. The highest BCUT2D eigenvalue weighted by atomic mass is 31.2. The van der Waals surface area contributed by atoms with Gasteiger partial charge in [-0.15, -0.1) is 0 Å². The lowest BCUT2D eigenvalue weighted by Crippen LogP contribution is -2.30. The van der Waals surface area contributed by atoms with Gasteiger partial charge in [-0.1, -0.05) is 266 Å². The van der Waals surface area contributed by atoms with Crippen molar-refractivity contribution in [1.82, 2.24) is 0 Å². The summed E-state index contributed by atoms with van der Waals surface area (Å²) in [7, 11) is -9.88. The molecule has 0 spiro atoms. The highest BCUT2D eigenvalue weighted by Crippen LogP contribution is 2.45. The van der Waals surface area contributed by atoms with Gasteiger partial charge in [-0.3, -0.25) is 37.3 Å². The number of carbonyl (C=O) groups excluding carboxylic acids is 4.